The minimum atomic E-state index is -0.707. The van der Waals surface area contributed by atoms with Gasteiger partial charge in [0.25, 0.3) is 0 Å². The van der Waals surface area contributed by atoms with Crippen LogP contribution in [0.1, 0.15) is 63.4 Å². The van der Waals surface area contributed by atoms with Crippen molar-refractivity contribution in [2.24, 2.45) is 0 Å². The number of esters is 1. The monoisotopic (exact) mass is 250 g/mol. The summed E-state index contributed by atoms with van der Waals surface area (Å²) in [6.45, 7) is 3.67. The molecular formula is C14H22N2O2. The van der Waals surface area contributed by atoms with Crippen LogP contribution in [0.4, 0.5) is 0 Å². The smallest absolute Gasteiger partial charge is 0.318 e. The summed E-state index contributed by atoms with van der Waals surface area (Å²) in [5, 5.41) is 0. The fourth-order valence-corrected chi connectivity index (χ4v) is 2.63. The Morgan fingerprint density at radius 1 is 1.39 bits per heavy atom. The summed E-state index contributed by atoms with van der Waals surface area (Å²) in [5.74, 6) is 1.02. The quantitative estimate of drug-likeness (QED) is 0.839. The van der Waals surface area contributed by atoms with Crippen LogP contribution in [0.15, 0.2) is 6.20 Å². The first-order valence-corrected chi connectivity index (χ1v) is 6.69. The molecule has 0 unspecified atom stereocenters. The molecule has 2 rings (SSSR count). The number of aromatic nitrogens is 2. The van der Waals surface area contributed by atoms with Crippen molar-refractivity contribution in [2.75, 3.05) is 7.11 Å². The van der Waals surface area contributed by atoms with Gasteiger partial charge in [0.05, 0.1) is 7.11 Å². The van der Waals surface area contributed by atoms with Crippen LogP contribution in [-0.4, -0.2) is 23.0 Å². The number of imidazole rings is 1. The van der Waals surface area contributed by atoms with Crippen LogP contribution in [0.25, 0.3) is 0 Å². The number of nitrogens with zero attached hydrogens (tertiary/aromatic N) is 1. The maximum absolute atomic E-state index is 11.7. The highest BCUT2D eigenvalue weighted by atomic mass is 16.5. The average molecular weight is 250 g/mol. The molecule has 0 spiro atoms. The topological polar surface area (TPSA) is 55.0 Å². The van der Waals surface area contributed by atoms with Gasteiger partial charge < -0.3 is 9.72 Å². The molecule has 1 heterocycles. The molecule has 1 aromatic rings. The number of aromatic amines is 1. The third-order valence-electron chi connectivity index (χ3n) is 3.93. The first kappa shape index (κ1) is 13.1. The van der Waals surface area contributed by atoms with Gasteiger partial charge in [-0.3, -0.25) is 4.79 Å². The minimum Gasteiger partial charge on any atom is -0.468 e. The van der Waals surface area contributed by atoms with E-state index in [-0.39, 0.29) is 5.97 Å². The molecule has 4 nitrogen and oxygen atoms in total. The number of hydrogen-bond acceptors (Lipinski definition) is 3. The number of carbonyl (C=O) groups excluding carboxylic acids is 1. The third kappa shape index (κ3) is 2.42. The van der Waals surface area contributed by atoms with Crippen LogP contribution < -0.4 is 0 Å². The Balaban J connectivity index is 2.16. The van der Waals surface area contributed by atoms with Crippen molar-refractivity contribution < 1.29 is 9.53 Å². The number of methoxy groups -OCH3 is 1. The minimum absolute atomic E-state index is 0.257. The van der Waals surface area contributed by atoms with E-state index in [2.05, 4.69) is 9.97 Å². The molecule has 100 valence electrons. The second-order valence-corrected chi connectivity index (χ2v) is 5.64. The summed E-state index contributed by atoms with van der Waals surface area (Å²) in [6.07, 6.45) is 8.25. The van der Waals surface area contributed by atoms with Crippen molar-refractivity contribution in [1.29, 1.82) is 0 Å². The maximum atomic E-state index is 11.7. The van der Waals surface area contributed by atoms with Crippen molar-refractivity contribution in [1.82, 2.24) is 9.97 Å². The molecule has 1 aromatic heterocycles. The van der Waals surface area contributed by atoms with Gasteiger partial charge in [0, 0.05) is 17.8 Å². The Hall–Kier alpha value is -1.32. The van der Waals surface area contributed by atoms with Crippen LogP contribution >= 0.6 is 0 Å². The highest BCUT2D eigenvalue weighted by Crippen LogP contribution is 2.32. The van der Waals surface area contributed by atoms with Crippen LogP contribution in [0.3, 0.4) is 0 Å². The Morgan fingerprint density at radius 3 is 2.67 bits per heavy atom. The number of H-pyrrole nitrogens is 1. The lowest BCUT2D eigenvalue weighted by Crippen LogP contribution is -2.31. The van der Waals surface area contributed by atoms with E-state index in [1.54, 1.807) is 0 Å². The zero-order valence-corrected chi connectivity index (χ0v) is 11.5. The number of rotatable bonds is 3. The number of carbonyl (C=O) groups is 1. The largest absolute Gasteiger partial charge is 0.468 e. The Labute approximate surface area is 108 Å². The summed E-state index contributed by atoms with van der Waals surface area (Å²) in [5.41, 5.74) is 0.462. The predicted molar refractivity (Wildman–Crippen MR) is 69.5 cm³/mol. The van der Waals surface area contributed by atoms with Gasteiger partial charge in [-0.1, -0.05) is 19.3 Å². The normalized spacial score (nSPS) is 17.7. The van der Waals surface area contributed by atoms with Crippen LogP contribution in [0, 0.1) is 0 Å². The van der Waals surface area contributed by atoms with E-state index < -0.39 is 5.41 Å². The second kappa shape index (κ2) is 5.12. The number of ether oxygens (including phenoxy) is 1. The lowest BCUT2D eigenvalue weighted by molar-refractivity contribution is -0.146. The van der Waals surface area contributed by atoms with E-state index in [9.17, 15) is 4.79 Å². The summed E-state index contributed by atoms with van der Waals surface area (Å²) in [4.78, 5) is 19.4. The SMILES string of the molecule is COC(=O)C(C)(C)c1ncc(C2CCCCC2)[nH]1. The number of nitrogens with one attached hydrogen (secondary N) is 1. The van der Waals surface area contributed by atoms with Gasteiger partial charge in [0.15, 0.2) is 0 Å². The third-order valence-corrected chi connectivity index (χ3v) is 3.93. The summed E-state index contributed by atoms with van der Waals surface area (Å²) >= 11 is 0. The van der Waals surface area contributed by atoms with Crippen LogP contribution in [0.2, 0.25) is 0 Å². The lowest BCUT2D eigenvalue weighted by atomic mass is 9.87. The van der Waals surface area contributed by atoms with Gasteiger partial charge in [-0.05, 0) is 26.7 Å². The van der Waals surface area contributed by atoms with Crippen molar-refractivity contribution in [3.8, 4) is 0 Å². The molecular weight excluding hydrogens is 228 g/mol. The summed E-state index contributed by atoms with van der Waals surface area (Å²) in [6, 6.07) is 0. The van der Waals surface area contributed by atoms with Crippen molar-refractivity contribution >= 4 is 5.97 Å². The molecule has 0 atom stereocenters. The van der Waals surface area contributed by atoms with Crippen LogP contribution in [-0.2, 0) is 14.9 Å². The first-order valence-electron chi connectivity index (χ1n) is 6.69. The fourth-order valence-electron chi connectivity index (χ4n) is 2.63. The van der Waals surface area contributed by atoms with Gasteiger partial charge in [-0.2, -0.15) is 0 Å². The Kier molecular flexibility index (Phi) is 3.73. The maximum Gasteiger partial charge on any atom is 0.318 e. The van der Waals surface area contributed by atoms with Crippen molar-refractivity contribution in [2.45, 2.75) is 57.3 Å². The van der Waals surface area contributed by atoms with Crippen LogP contribution in [0.5, 0.6) is 0 Å². The highest BCUT2D eigenvalue weighted by Gasteiger charge is 2.34. The zero-order valence-electron chi connectivity index (χ0n) is 11.5. The summed E-state index contributed by atoms with van der Waals surface area (Å²) in [7, 11) is 1.41. The first-order chi connectivity index (χ1) is 8.55. The van der Waals surface area contributed by atoms with E-state index in [1.807, 2.05) is 20.0 Å². The van der Waals surface area contributed by atoms with Gasteiger partial charge in [0.2, 0.25) is 0 Å². The predicted octanol–water partition coefficient (Wildman–Crippen LogP) is 2.91. The molecule has 0 aromatic carbocycles. The van der Waals surface area contributed by atoms with Gasteiger partial charge in [0.1, 0.15) is 11.2 Å². The van der Waals surface area contributed by atoms with E-state index in [0.717, 1.165) is 0 Å². The Bertz CT molecular complexity index is 417. The molecule has 4 heteroatoms. The summed E-state index contributed by atoms with van der Waals surface area (Å²) < 4.78 is 4.83. The molecule has 1 aliphatic carbocycles. The lowest BCUT2D eigenvalue weighted by Gasteiger charge is -2.21. The fraction of sp³-hybridized carbons (Fsp3) is 0.714. The van der Waals surface area contributed by atoms with E-state index >= 15 is 0 Å². The Morgan fingerprint density at radius 2 is 2.06 bits per heavy atom. The molecule has 0 radical (unpaired) electrons. The molecule has 0 amide bonds. The molecule has 1 fully saturated rings. The number of hydrogen-bond donors (Lipinski definition) is 1. The molecule has 0 bridgehead atoms. The van der Waals surface area contributed by atoms with Gasteiger partial charge in [-0.15, -0.1) is 0 Å². The molecule has 18 heavy (non-hydrogen) atoms. The van der Waals surface area contributed by atoms with Gasteiger partial charge >= 0.3 is 5.97 Å². The van der Waals surface area contributed by atoms with Crippen molar-refractivity contribution in [3.63, 3.8) is 0 Å². The van der Waals surface area contributed by atoms with E-state index in [1.165, 1.54) is 44.9 Å². The molecule has 1 aliphatic rings. The van der Waals surface area contributed by atoms with E-state index in [0.29, 0.717) is 11.7 Å². The van der Waals surface area contributed by atoms with Crippen molar-refractivity contribution in [3.05, 3.63) is 17.7 Å². The average Bonchev–Trinajstić information content (AvgIpc) is 2.89. The second-order valence-electron chi connectivity index (χ2n) is 5.64. The van der Waals surface area contributed by atoms with Gasteiger partial charge in [-0.25, -0.2) is 4.98 Å². The molecule has 1 saturated carbocycles. The molecule has 0 aliphatic heterocycles. The molecule has 1 N–H and O–H groups in total. The standard InChI is InChI=1S/C14H22N2O2/c1-14(2,13(17)18-3)12-15-9-11(16-12)10-7-5-4-6-8-10/h9-10H,4-8H2,1-3H3,(H,15,16). The van der Waals surface area contributed by atoms with E-state index in [4.69, 9.17) is 4.74 Å². The zero-order chi connectivity index (χ0) is 13.2. The molecule has 0 saturated heterocycles. The highest BCUT2D eigenvalue weighted by molar-refractivity contribution is 5.80.